The Bertz CT molecular complexity index is 219. The highest BCUT2D eigenvalue weighted by atomic mass is 16.2. The third-order valence-electron chi connectivity index (χ3n) is 2.45. The third kappa shape index (κ3) is 2.80. The van der Waals surface area contributed by atoms with Gasteiger partial charge >= 0.3 is 0 Å². The summed E-state index contributed by atoms with van der Waals surface area (Å²) in [6.07, 6.45) is 3.00. The van der Waals surface area contributed by atoms with Crippen LogP contribution in [0.4, 0.5) is 0 Å². The molecule has 0 atom stereocenters. The highest BCUT2D eigenvalue weighted by molar-refractivity contribution is 6.37. The van der Waals surface area contributed by atoms with Gasteiger partial charge in [-0.2, -0.15) is 0 Å². The summed E-state index contributed by atoms with van der Waals surface area (Å²) >= 11 is 0. The molecular weight excluding hydrogens is 178 g/mol. The SMILES string of the molecule is CCCC(=N)C(=O)N1CC[C](N)CC1. The molecule has 0 aromatic rings. The molecule has 1 aliphatic rings. The van der Waals surface area contributed by atoms with Gasteiger partial charge in [-0.3, -0.25) is 10.2 Å². The van der Waals surface area contributed by atoms with Crippen LogP contribution in [0, 0.1) is 11.5 Å². The van der Waals surface area contributed by atoms with Crippen molar-refractivity contribution in [2.24, 2.45) is 5.73 Å². The molecule has 1 amide bonds. The van der Waals surface area contributed by atoms with Crippen molar-refractivity contribution in [2.75, 3.05) is 13.1 Å². The number of amides is 1. The molecule has 3 N–H and O–H groups in total. The van der Waals surface area contributed by atoms with Gasteiger partial charge < -0.3 is 10.6 Å². The summed E-state index contributed by atoms with van der Waals surface area (Å²) in [5.41, 5.74) is 5.89. The maximum atomic E-state index is 11.6. The van der Waals surface area contributed by atoms with E-state index < -0.39 is 0 Å². The zero-order valence-electron chi connectivity index (χ0n) is 8.68. The lowest BCUT2D eigenvalue weighted by Gasteiger charge is -2.29. The Morgan fingerprint density at radius 3 is 2.57 bits per heavy atom. The molecule has 1 aliphatic heterocycles. The van der Waals surface area contributed by atoms with E-state index in [0.717, 1.165) is 25.3 Å². The van der Waals surface area contributed by atoms with Crippen molar-refractivity contribution in [1.82, 2.24) is 4.90 Å². The van der Waals surface area contributed by atoms with Crippen LogP contribution < -0.4 is 5.73 Å². The first-order chi connectivity index (χ1) is 6.65. The van der Waals surface area contributed by atoms with Crippen LogP contribution in [0.3, 0.4) is 0 Å². The number of carbonyl (C=O) groups excluding carboxylic acids is 1. The fraction of sp³-hybridized carbons (Fsp3) is 0.700. The number of nitrogens with zero attached hydrogens (tertiary/aromatic N) is 1. The predicted octanol–water partition coefficient (Wildman–Crippen LogP) is 0.919. The Labute approximate surface area is 85.0 Å². The molecule has 4 heteroatoms. The summed E-state index contributed by atoms with van der Waals surface area (Å²) in [5, 5.41) is 7.55. The summed E-state index contributed by atoms with van der Waals surface area (Å²) in [7, 11) is 0. The topological polar surface area (TPSA) is 70.2 Å². The first kappa shape index (κ1) is 11.2. The molecule has 4 nitrogen and oxygen atoms in total. The molecule has 0 unspecified atom stereocenters. The number of piperidine rings is 1. The maximum Gasteiger partial charge on any atom is 0.267 e. The number of nitrogens with two attached hydrogens (primary N) is 1. The number of hydrogen-bond acceptors (Lipinski definition) is 3. The number of likely N-dealkylation sites (tertiary alicyclic amines) is 1. The molecule has 0 bridgehead atoms. The van der Waals surface area contributed by atoms with Crippen molar-refractivity contribution in [3.63, 3.8) is 0 Å². The number of rotatable bonds is 3. The summed E-state index contributed by atoms with van der Waals surface area (Å²) in [6.45, 7) is 3.33. The lowest BCUT2D eigenvalue weighted by molar-refractivity contribution is -0.124. The van der Waals surface area contributed by atoms with Gasteiger partial charge in [-0.1, -0.05) is 13.3 Å². The van der Waals surface area contributed by atoms with Crippen LogP contribution in [0.25, 0.3) is 0 Å². The average molecular weight is 196 g/mol. The quantitative estimate of drug-likeness (QED) is 0.659. The third-order valence-corrected chi connectivity index (χ3v) is 2.45. The monoisotopic (exact) mass is 196 g/mol. The molecule has 1 rings (SSSR count). The van der Waals surface area contributed by atoms with Crippen LogP contribution in [0.15, 0.2) is 0 Å². The second-order valence-corrected chi connectivity index (χ2v) is 3.68. The molecule has 1 radical (unpaired) electrons. The highest BCUT2D eigenvalue weighted by Gasteiger charge is 2.22. The molecule has 0 aromatic carbocycles. The van der Waals surface area contributed by atoms with E-state index in [1.54, 1.807) is 4.90 Å². The first-order valence-electron chi connectivity index (χ1n) is 5.12. The van der Waals surface area contributed by atoms with Crippen LogP contribution in [0.2, 0.25) is 0 Å². The summed E-state index contributed by atoms with van der Waals surface area (Å²) in [6, 6.07) is 0.969. The van der Waals surface area contributed by atoms with E-state index in [1.807, 2.05) is 6.92 Å². The van der Waals surface area contributed by atoms with E-state index in [2.05, 4.69) is 0 Å². The van der Waals surface area contributed by atoms with Gasteiger partial charge in [-0.15, -0.1) is 0 Å². The average Bonchev–Trinajstić information content (AvgIpc) is 2.18. The van der Waals surface area contributed by atoms with Gasteiger partial charge in [0.25, 0.3) is 5.91 Å². The van der Waals surface area contributed by atoms with Crippen molar-refractivity contribution >= 4 is 11.6 Å². The summed E-state index contributed by atoms with van der Waals surface area (Å²) < 4.78 is 0. The van der Waals surface area contributed by atoms with Gasteiger partial charge in [0.15, 0.2) is 0 Å². The molecule has 1 heterocycles. The minimum absolute atomic E-state index is 0.112. The van der Waals surface area contributed by atoms with Crippen molar-refractivity contribution in [3.8, 4) is 0 Å². The minimum Gasteiger partial charge on any atom is -0.337 e. The van der Waals surface area contributed by atoms with Crippen LogP contribution >= 0.6 is 0 Å². The van der Waals surface area contributed by atoms with E-state index >= 15 is 0 Å². The van der Waals surface area contributed by atoms with E-state index in [9.17, 15) is 4.79 Å². The Hall–Kier alpha value is -0.900. The Morgan fingerprint density at radius 1 is 1.50 bits per heavy atom. The van der Waals surface area contributed by atoms with Crippen molar-refractivity contribution in [2.45, 2.75) is 32.6 Å². The predicted molar refractivity (Wildman–Crippen MR) is 55.9 cm³/mol. The molecule has 14 heavy (non-hydrogen) atoms. The minimum atomic E-state index is -0.112. The van der Waals surface area contributed by atoms with Crippen LogP contribution in [-0.2, 0) is 4.79 Å². The number of carbonyl (C=O) groups is 1. The number of nitrogens with one attached hydrogen (secondary N) is 1. The second-order valence-electron chi connectivity index (χ2n) is 3.68. The lowest BCUT2D eigenvalue weighted by atomic mass is 10.1. The molecule has 1 fully saturated rings. The molecule has 1 saturated heterocycles. The van der Waals surface area contributed by atoms with Crippen molar-refractivity contribution in [3.05, 3.63) is 6.04 Å². The normalized spacial score (nSPS) is 18.3. The van der Waals surface area contributed by atoms with E-state index in [1.165, 1.54) is 0 Å². The molecule has 0 saturated carbocycles. The number of hydrogen-bond donors (Lipinski definition) is 2. The fourth-order valence-corrected chi connectivity index (χ4v) is 1.54. The van der Waals surface area contributed by atoms with E-state index in [0.29, 0.717) is 19.5 Å². The van der Waals surface area contributed by atoms with Crippen molar-refractivity contribution < 1.29 is 4.79 Å². The smallest absolute Gasteiger partial charge is 0.267 e. The first-order valence-corrected chi connectivity index (χ1v) is 5.12. The molecule has 0 aromatic heterocycles. The fourth-order valence-electron chi connectivity index (χ4n) is 1.54. The molecule has 79 valence electrons. The molecule has 0 aliphatic carbocycles. The Morgan fingerprint density at radius 2 is 2.07 bits per heavy atom. The van der Waals surface area contributed by atoms with E-state index in [4.69, 9.17) is 11.1 Å². The maximum absolute atomic E-state index is 11.6. The zero-order chi connectivity index (χ0) is 10.6. The lowest BCUT2D eigenvalue weighted by Crippen LogP contribution is -2.42. The summed E-state index contributed by atoms with van der Waals surface area (Å²) in [4.78, 5) is 13.4. The second kappa shape index (κ2) is 5.10. The van der Waals surface area contributed by atoms with E-state index in [-0.39, 0.29) is 11.6 Å². The van der Waals surface area contributed by atoms with Gasteiger partial charge in [0.2, 0.25) is 0 Å². The molecule has 0 spiro atoms. The Kier molecular flexibility index (Phi) is 4.07. The van der Waals surface area contributed by atoms with Crippen LogP contribution in [0.1, 0.15) is 32.6 Å². The highest BCUT2D eigenvalue weighted by Crippen LogP contribution is 2.14. The zero-order valence-corrected chi connectivity index (χ0v) is 8.68. The largest absolute Gasteiger partial charge is 0.337 e. The Balaban J connectivity index is 2.41. The van der Waals surface area contributed by atoms with Gasteiger partial charge in [0.05, 0.1) is 5.71 Å². The van der Waals surface area contributed by atoms with Gasteiger partial charge in [0, 0.05) is 19.1 Å². The molecular formula is C10H18N3O. The summed E-state index contributed by atoms with van der Waals surface area (Å²) in [5.74, 6) is -0.112. The van der Waals surface area contributed by atoms with Gasteiger partial charge in [-0.25, -0.2) is 0 Å². The standard InChI is InChI=1S/C10H18N3O/c1-2-3-9(12)10(14)13-6-4-8(11)5-7-13/h12H,2-7,11H2,1H3. The van der Waals surface area contributed by atoms with Crippen LogP contribution in [0.5, 0.6) is 0 Å². The van der Waals surface area contributed by atoms with Crippen LogP contribution in [-0.4, -0.2) is 29.6 Å². The van der Waals surface area contributed by atoms with Gasteiger partial charge in [-0.05, 0) is 19.3 Å². The van der Waals surface area contributed by atoms with Gasteiger partial charge in [0.1, 0.15) is 0 Å². The van der Waals surface area contributed by atoms with Crippen molar-refractivity contribution in [1.29, 1.82) is 5.41 Å².